The fraction of sp³-hybridized carbons (Fsp3) is 0.857. The summed E-state index contributed by atoms with van der Waals surface area (Å²) in [6.07, 6.45) is 4.62. The van der Waals surface area contributed by atoms with E-state index in [4.69, 9.17) is 0 Å². The van der Waals surface area contributed by atoms with Crippen LogP contribution in [0.25, 0.3) is 0 Å². The Morgan fingerprint density at radius 3 is 2.33 bits per heavy atom. The number of carboxylic acids is 1. The zero-order chi connectivity index (χ0) is 12.9. The number of carboxylic acid groups (broad SMARTS) is 1. The first-order valence-electron chi connectivity index (χ1n) is 7.09. The van der Waals surface area contributed by atoms with E-state index in [1.165, 1.54) is 0 Å². The normalized spacial score (nSPS) is 33.5. The summed E-state index contributed by atoms with van der Waals surface area (Å²) in [6, 6.07) is 0. The van der Waals surface area contributed by atoms with Gasteiger partial charge in [-0.1, -0.05) is 6.92 Å². The molecule has 3 aliphatic rings. The third-order valence-corrected chi connectivity index (χ3v) is 4.94. The number of carbonyl (C=O) groups is 2. The summed E-state index contributed by atoms with van der Waals surface area (Å²) >= 11 is 0. The van der Waals surface area contributed by atoms with Crippen LogP contribution in [0.1, 0.15) is 32.6 Å². The number of nitrogens with zero attached hydrogens (tertiary/aromatic N) is 1. The second kappa shape index (κ2) is 4.25. The number of rotatable bonds is 4. The lowest BCUT2D eigenvalue weighted by molar-refractivity contribution is -0.143. The highest BCUT2D eigenvalue weighted by Crippen LogP contribution is 2.45. The molecular weight excluding hydrogens is 230 g/mol. The van der Waals surface area contributed by atoms with Crippen molar-refractivity contribution in [2.75, 3.05) is 13.1 Å². The molecule has 3 fully saturated rings. The highest BCUT2D eigenvalue weighted by molar-refractivity contribution is 5.81. The molecule has 4 nitrogen and oxygen atoms in total. The number of hydrogen-bond acceptors (Lipinski definition) is 2. The summed E-state index contributed by atoms with van der Waals surface area (Å²) in [4.78, 5) is 25.4. The Morgan fingerprint density at radius 2 is 1.83 bits per heavy atom. The van der Waals surface area contributed by atoms with Crippen LogP contribution in [-0.4, -0.2) is 35.0 Å². The van der Waals surface area contributed by atoms with Gasteiger partial charge in [-0.3, -0.25) is 9.59 Å². The Morgan fingerprint density at radius 1 is 1.17 bits per heavy atom. The van der Waals surface area contributed by atoms with Gasteiger partial charge in [0.05, 0.1) is 5.92 Å². The first-order valence-corrected chi connectivity index (χ1v) is 7.09. The molecule has 0 spiro atoms. The van der Waals surface area contributed by atoms with Crippen molar-refractivity contribution in [1.82, 2.24) is 4.90 Å². The molecule has 1 saturated heterocycles. The number of amides is 1. The van der Waals surface area contributed by atoms with E-state index in [2.05, 4.69) is 0 Å². The lowest BCUT2D eigenvalue weighted by Crippen LogP contribution is -2.35. The van der Waals surface area contributed by atoms with Gasteiger partial charge in [-0.15, -0.1) is 0 Å². The molecule has 0 aromatic heterocycles. The molecule has 2 saturated carbocycles. The Kier molecular flexibility index (Phi) is 2.83. The first-order chi connectivity index (χ1) is 8.58. The van der Waals surface area contributed by atoms with Crippen LogP contribution >= 0.6 is 0 Å². The van der Waals surface area contributed by atoms with E-state index in [-0.39, 0.29) is 23.7 Å². The average molecular weight is 251 g/mol. The summed E-state index contributed by atoms with van der Waals surface area (Å²) in [7, 11) is 0. The van der Waals surface area contributed by atoms with Gasteiger partial charge < -0.3 is 10.0 Å². The third kappa shape index (κ3) is 2.13. The Bertz CT molecular complexity index is 373. The van der Waals surface area contributed by atoms with Gasteiger partial charge in [-0.05, 0) is 43.4 Å². The molecule has 1 unspecified atom stereocenters. The first kappa shape index (κ1) is 12.0. The maximum absolute atomic E-state index is 12.3. The molecule has 1 N–H and O–H groups in total. The van der Waals surface area contributed by atoms with Gasteiger partial charge in [-0.25, -0.2) is 0 Å². The topological polar surface area (TPSA) is 57.6 Å². The Labute approximate surface area is 107 Å². The van der Waals surface area contributed by atoms with Crippen LogP contribution in [0.4, 0.5) is 0 Å². The fourth-order valence-electron chi connectivity index (χ4n) is 3.36. The van der Waals surface area contributed by atoms with Crippen LogP contribution in [0, 0.1) is 29.6 Å². The van der Waals surface area contributed by atoms with Gasteiger partial charge in [0.25, 0.3) is 0 Å². The zero-order valence-corrected chi connectivity index (χ0v) is 10.8. The van der Waals surface area contributed by atoms with Crippen molar-refractivity contribution in [3.8, 4) is 0 Å². The fourth-order valence-corrected chi connectivity index (χ4v) is 3.36. The SMILES string of the molecule is CC(C(=O)N1C[C@H](C(=O)O)[C@@H](C2CC2)C1)C1CC1. The molecular formula is C14H21NO3. The minimum atomic E-state index is -0.721. The van der Waals surface area contributed by atoms with Gasteiger partial charge in [0.1, 0.15) is 0 Å². The minimum Gasteiger partial charge on any atom is -0.481 e. The molecule has 2 aliphatic carbocycles. The second-order valence-corrected chi connectivity index (χ2v) is 6.32. The molecule has 3 rings (SSSR count). The van der Waals surface area contributed by atoms with Crippen molar-refractivity contribution in [2.45, 2.75) is 32.6 Å². The Hall–Kier alpha value is -1.06. The molecule has 100 valence electrons. The van der Waals surface area contributed by atoms with E-state index in [0.717, 1.165) is 25.7 Å². The smallest absolute Gasteiger partial charge is 0.308 e. The second-order valence-electron chi connectivity index (χ2n) is 6.32. The van der Waals surface area contributed by atoms with Crippen molar-refractivity contribution in [2.24, 2.45) is 29.6 Å². The standard InChI is InChI=1S/C14H21NO3/c1-8(9-2-3-9)13(16)15-6-11(10-4-5-10)12(7-15)14(17)18/h8-12H,2-7H2,1H3,(H,17,18)/t8?,11-,12+/m1/s1. The van der Waals surface area contributed by atoms with Crippen LogP contribution in [0.3, 0.4) is 0 Å². The van der Waals surface area contributed by atoms with Gasteiger partial charge >= 0.3 is 5.97 Å². The van der Waals surface area contributed by atoms with Crippen LogP contribution < -0.4 is 0 Å². The van der Waals surface area contributed by atoms with Gasteiger partial charge in [0.2, 0.25) is 5.91 Å². The zero-order valence-electron chi connectivity index (χ0n) is 10.8. The molecule has 1 amide bonds. The molecule has 1 aliphatic heterocycles. The predicted molar refractivity (Wildman–Crippen MR) is 65.8 cm³/mol. The molecule has 0 radical (unpaired) electrons. The molecule has 1 heterocycles. The third-order valence-electron chi connectivity index (χ3n) is 4.94. The predicted octanol–water partition coefficient (Wildman–Crippen LogP) is 1.60. The summed E-state index contributed by atoms with van der Waals surface area (Å²) in [5.41, 5.74) is 0. The lowest BCUT2D eigenvalue weighted by atomic mass is 9.92. The highest BCUT2D eigenvalue weighted by Gasteiger charge is 2.48. The molecule has 4 heteroatoms. The lowest BCUT2D eigenvalue weighted by Gasteiger charge is -2.20. The summed E-state index contributed by atoms with van der Waals surface area (Å²) in [5.74, 6) is 0.553. The molecule has 0 aromatic carbocycles. The van der Waals surface area contributed by atoms with Crippen LogP contribution in [-0.2, 0) is 9.59 Å². The number of hydrogen-bond donors (Lipinski definition) is 1. The number of carbonyl (C=O) groups excluding carboxylic acids is 1. The molecule has 0 aromatic rings. The van der Waals surface area contributed by atoms with Gasteiger partial charge in [0, 0.05) is 19.0 Å². The highest BCUT2D eigenvalue weighted by atomic mass is 16.4. The Balaban J connectivity index is 1.67. The summed E-state index contributed by atoms with van der Waals surface area (Å²) in [5, 5.41) is 9.28. The number of aliphatic carboxylic acids is 1. The molecule has 0 bridgehead atoms. The van der Waals surface area contributed by atoms with Crippen molar-refractivity contribution in [3.05, 3.63) is 0 Å². The number of likely N-dealkylation sites (tertiary alicyclic amines) is 1. The average Bonchev–Trinajstić information content (AvgIpc) is 3.23. The minimum absolute atomic E-state index is 0.0948. The van der Waals surface area contributed by atoms with Crippen LogP contribution in [0.2, 0.25) is 0 Å². The van der Waals surface area contributed by atoms with E-state index >= 15 is 0 Å². The van der Waals surface area contributed by atoms with Crippen molar-refractivity contribution in [1.29, 1.82) is 0 Å². The van der Waals surface area contributed by atoms with E-state index in [1.807, 2.05) is 11.8 Å². The van der Waals surface area contributed by atoms with Crippen LogP contribution in [0.15, 0.2) is 0 Å². The maximum Gasteiger partial charge on any atom is 0.308 e. The van der Waals surface area contributed by atoms with E-state index < -0.39 is 5.97 Å². The van der Waals surface area contributed by atoms with Gasteiger partial charge in [-0.2, -0.15) is 0 Å². The summed E-state index contributed by atoms with van der Waals surface area (Å²) < 4.78 is 0. The van der Waals surface area contributed by atoms with Crippen LogP contribution in [0.5, 0.6) is 0 Å². The van der Waals surface area contributed by atoms with Crippen molar-refractivity contribution >= 4 is 11.9 Å². The van der Waals surface area contributed by atoms with E-state index in [1.54, 1.807) is 0 Å². The largest absolute Gasteiger partial charge is 0.481 e. The van der Waals surface area contributed by atoms with Gasteiger partial charge in [0.15, 0.2) is 0 Å². The van der Waals surface area contributed by atoms with Crippen molar-refractivity contribution in [3.63, 3.8) is 0 Å². The van der Waals surface area contributed by atoms with E-state index in [0.29, 0.717) is 24.9 Å². The quantitative estimate of drug-likeness (QED) is 0.825. The molecule has 18 heavy (non-hydrogen) atoms. The van der Waals surface area contributed by atoms with E-state index in [9.17, 15) is 14.7 Å². The molecule has 3 atom stereocenters. The maximum atomic E-state index is 12.3. The van der Waals surface area contributed by atoms with Crippen molar-refractivity contribution < 1.29 is 14.7 Å². The summed E-state index contributed by atoms with van der Waals surface area (Å²) in [6.45, 7) is 3.12. The monoisotopic (exact) mass is 251 g/mol.